The first-order valence-electron chi connectivity index (χ1n) is 6.37. The minimum atomic E-state index is -3.34. The Hall–Kier alpha value is 0.120. The van der Waals surface area contributed by atoms with Crippen molar-refractivity contribution in [1.29, 1.82) is 0 Å². The summed E-state index contributed by atoms with van der Waals surface area (Å²) in [7, 11) is -1.75. The van der Waals surface area contributed by atoms with Gasteiger partial charge in [-0.05, 0) is 19.8 Å². The summed E-state index contributed by atoms with van der Waals surface area (Å²) in [6.45, 7) is 3.79. The topological polar surface area (TPSA) is 49.9 Å². The SMILES string of the molecule is CC1CCCCN1S(=O)(=O)N(C)CCOCCCl. The van der Waals surface area contributed by atoms with Crippen LogP contribution < -0.4 is 0 Å². The summed E-state index contributed by atoms with van der Waals surface area (Å²) in [4.78, 5) is 0. The number of halogens is 1. The highest BCUT2D eigenvalue weighted by atomic mass is 35.5. The molecule has 1 rings (SSSR count). The van der Waals surface area contributed by atoms with E-state index in [1.54, 1.807) is 11.4 Å². The molecule has 0 aromatic carbocycles. The van der Waals surface area contributed by atoms with Crippen LogP contribution in [0.5, 0.6) is 0 Å². The molecule has 1 saturated heterocycles. The van der Waals surface area contributed by atoms with Gasteiger partial charge in [0.1, 0.15) is 0 Å². The molecule has 1 aliphatic rings. The molecule has 1 heterocycles. The summed E-state index contributed by atoms with van der Waals surface area (Å²) in [5, 5.41) is 0. The van der Waals surface area contributed by atoms with Crippen molar-refractivity contribution < 1.29 is 13.2 Å². The van der Waals surface area contributed by atoms with Crippen LogP contribution in [0.15, 0.2) is 0 Å². The number of alkyl halides is 1. The van der Waals surface area contributed by atoms with Crippen LogP contribution in [-0.4, -0.2) is 62.3 Å². The van der Waals surface area contributed by atoms with Crippen LogP contribution in [0.2, 0.25) is 0 Å². The lowest BCUT2D eigenvalue weighted by molar-refractivity contribution is 0.137. The number of rotatable bonds is 7. The minimum absolute atomic E-state index is 0.0926. The Labute approximate surface area is 115 Å². The van der Waals surface area contributed by atoms with Crippen molar-refractivity contribution in [3.63, 3.8) is 0 Å². The van der Waals surface area contributed by atoms with E-state index in [0.717, 1.165) is 19.3 Å². The fourth-order valence-electron chi connectivity index (χ4n) is 2.06. The lowest BCUT2D eigenvalue weighted by atomic mass is 10.1. The molecule has 0 radical (unpaired) electrons. The van der Waals surface area contributed by atoms with E-state index in [-0.39, 0.29) is 6.04 Å². The smallest absolute Gasteiger partial charge is 0.282 e. The lowest BCUT2D eigenvalue weighted by Gasteiger charge is -2.35. The van der Waals surface area contributed by atoms with E-state index in [9.17, 15) is 8.42 Å². The molecule has 7 heteroatoms. The van der Waals surface area contributed by atoms with Crippen molar-refractivity contribution in [2.45, 2.75) is 32.2 Å². The summed E-state index contributed by atoms with van der Waals surface area (Å²) < 4.78 is 32.8. The zero-order valence-corrected chi connectivity index (χ0v) is 12.7. The van der Waals surface area contributed by atoms with E-state index in [4.69, 9.17) is 16.3 Å². The third kappa shape index (κ3) is 4.35. The summed E-state index contributed by atoms with van der Waals surface area (Å²) in [6.07, 6.45) is 2.99. The average Bonchev–Trinajstić information content (AvgIpc) is 2.34. The number of ether oxygens (including phenoxy) is 1. The van der Waals surface area contributed by atoms with Crippen LogP contribution in [-0.2, 0) is 14.9 Å². The highest BCUT2D eigenvalue weighted by Gasteiger charge is 2.32. The van der Waals surface area contributed by atoms with E-state index in [2.05, 4.69) is 0 Å². The minimum Gasteiger partial charge on any atom is -0.379 e. The predicted octanol–water partition coefficient (Wildman–Crippen LogP) is 1.29. The van der Waals surface area contributed by atoms with Gasteiger partial charge in [0, 0.05) is 32.1 Å². The van der Waals surface area contributed by atoms with Crippen LogP contribution in [0.25, 0.3) is 0 Å². The lowest BCUT2D eigenvalue weighted by Crippen LogP contribution is -2.49. The molecule has 0 saturated carbocycles. The van der Waals surface area contributed by atoms with Crippen molar-refractivity contribution in [2.75, 3.05) is 39.2 Å². The Morgan fingerprint density at radius 2 is 2.11 bits per heavy atom. The van der Waals surface area contributed by atoms with Crippen molar-refractivity contribution in [3.05, 3.63) is 0 Å². The van der Waals surface area contributed by atoms with Gasteiger partial charge in [0.2, 0.25) is 0 Å². The highest BCUT2D eigenvalue weighted by Crippen LogP contribution is 2.21. The Balaban J connectivity index is 2.50. The molecule has 18 heavy (non-hydrogen) atoms. The summed E-state index contributed by atoms with van der Waals surface area (Å²) in [5.41, 5.74) is 0. The van der Waals surface area contributed by atoms with Gasteiger partial charge < -0.3 is 4.74 Å². The molecule has 0 N–H and O–H groups in total. The molecule has 0 bridgehead atoms. The normalized spacial score (nSPS) is 22.6. The van der Waals surface area contributed by atoms with Crippen LogP contribution in [0.1, 0.15) is 26.2 Å². The van der Waals surface area contributed by atoms with Gasteiger partial charge in [-0.2, -0.15) is 17.0 Å². The Kier molecular flexibility index (Phi) is 6.87. The van der Waals surface area contributed by atoms with Crippen LogP contribution in [0.3, 0.4) is 0 Å². The van der Waals surface area contributed by atoms with E-state index in [1.807, 2.05) is 6.92 Å². The molecule has 5 nitrogen and oxygen atoms in total. The number of hydrogen-bond donors (Lipinski definition) is 0. The monoisotopic (exact) mass is 298 g/mol. The number of nitrogens with zero attached hydrogens (tertiary/aromatic N) is 2. The predicted molar refractivity (Wildman–Crippen MR) is 73.1 cm³/mol. The molecule has 1 fully saturated rings. The molecule has 0 aromatic rings. The zero-order chi connectivity index (χ0) is 13.6. The quantitative estimate of drug-likeness (QED) is 0.526. The fourth-order valence-corrected chi connectivity index (χ4v) is 3.75. The molecule has 1 unspecified atom stereocenters. The average molecular weight is 299 g/mol. The largest absolute Gasteiger partial charge is 0.379 e. The van der Waals surface area contributed by atoms with E-state index in [0.29, 0.717) is 32.2 Å². The number of piperidine rings is 1. The van der Waals surface area contributed by atoms with Gasteiger partial charge in [0.25, 0.3) is 10.2 Å². The second kappa shape index (κ2) is 7.65. The standard InChI is InChI=1S/C11H23ClN2O3S/c1-11-5-3-4-7-14(11)18(15,16)13(2)8-10-17-9-6-12/h11H,3-10H2,1-2H3. The first-order valence-corrected chi connectivity index (χ1v) is 8.30. The maximum Gasteiger partial charge on any atom is 0.282 e. The van der Waals surface area contributed by atoms with Gasteiger partial charge in [-0.1, -0.05) is 6.42 Å². The maximum absolute atomic E-state index is 12.3. The van der Waals surface area contributed by atoms with E-state index < -0.39 is 10.2 Å². The fraction of sp³-hybridized carbons (Fsp3) is 1.00. The zero-order valence-electron chi connectivity index (χ0n) is 11.1. The molecule has 0 aromatic heterocycles. The molecule has 0 spiro atoms. The van der Waals surface area contributed by atoms with Crippen LogP contribution in [0, 0.1) is 0 Å². The molecule has 0 aliphatic carbocycles. The van der Waals surface area contributed by atoms with Gasteiger partial charge in [-0.15, -0.1) is 11.6 Å². The molecular formula is C11H23ClN2O3S. The van der Waals surface area contributed by atoms with Crippen LogP contribution >= 0.6 is 11.6 Å². The second-order valence-corrected chi connectivity index (χ2v) is 6.95. The molecule has 108 valence electrons. The van der Waals surface area contributed by atoms with Gasteiger partial charge in [0.05, 0.1) is 13.2 Å². The summed E-state index contributed by atoms with van der Waals surface area (Å²) >= 11 is 5.48. The highest BCUT2D eigenvalue weighted by molar-refractivity contribution is 7.86. The third-order valence-corrected chi connectivity index (χ3v) is 5.46. The number of likely N-dealkylation sites (N-methyl/N-ethyl adjacent to an activating group) is 1. The van der Waals surface area contributed by atoms with Gasteiger partial charge in [-0.3, -0.25) is 0 Å². The molecular weight excluding hydrogens is 276 g/mol. The van der Waals surface area contributed by atoms with Gasteiger partial charge in [0.15, 0.2) is 0 Å². The first-order chi connectivity index (χ1) is 8.50. The van der Waals surface area contributed by atoms with Crippen molar-refractivity contribution in [2.24, 2.45) is 0 Å². The maximum atomic E-state index is 12.3. The second-order valence-electron chi connectivity index (χ2n) is 4.59. The van der Waals surface area contributed by atoms with Gasteiger partial charge >= 0.3 is 0 Å². The van der Waals surface area contributed by atoms with Crippen molar-refractivity contribution in [1.82, 2.24) is 8.61 Å². The molecule has 1 atom stereocenters. The van der Waals surface area contributed by atoms with Crippen molar-refractivity contribution >= 4 is 21.8 Å². The molecule has 1 aliphatic heterocycles. The number of hydrogen-bond acceptors (Lipinski definition) is 3. The molecule has 0 amide bonds. The van der Waals surface area contributed by atoms with E-state index in [1.165, 1.54) is 4.31 Å². The summed E-state index contributed by atoms with van der Waals surface area (Å²) in [5.74, 6) is 0.430. The van der Waals surface area contributed by atoms with Crippen LogP contribution in [0.4, 0.5) is 0 Å². The third-order valence-electron chi connectivity index (χ3n) is 3.20. The Bertz CT molecular complexity index is 337. The first kappa shape index (κ1) is 16.2. The van der Waals surface area contributed by atoms with Crippen molar-refractivity contribution in [3.8, 4) is 0 Å². The summed E-state index contributed by atoms with van der Waals surface area (Å²) in [6, 6.07) is 0.0926. The Morgan fingerprint density at radius 3 is 2.72 bits per heavy atom. The van der Waals surface area contributed by atoms with E-state index >= 15 is 0 Å². The Morgan fingerprint density at radius 1 is 1.39 bits per heavy atom. The van der Waals surface area contributed by atoms with Gasteiger partial charge in [-0.25, -0.2) is 0 Å².